The molecule has 0 fully saturated rings. The fourth-order valence-corrected chi connectivity index (χ4v) is 3.94. The Bertz CT molecular complexity index is 1480. The highest BCUT2D eigenvalue weighted by Crippen LogP contribution is 2.26. The molecule has 0 bridgehead atoms. The number of fused-ring (bicyclic) bond motifs is 2. The first-order valence-corrected chi connectivity index (χ1v) is 10.5. The van der Waals surface area contributed by atoms with Gasteiger partial charge in [-0.3, -0.25) is 24.7 Å². The average molecular weight is 459 g/mol. The standard InChI is InChI=1S/C23H21N7O4/c1-27-20-18(22(33)28(2)23(27)34)29(13-24-20)12-17(31)26-30-19(14-8-4-3-5-9-14)25-16-11-7-6-10-15(16)21(30)32/h3-11,13,23,34H,12H2,1-2H3,(H,26,31)/t23-/m0/s1. The van der Waals surface area contributed by atoms with Crippen LogP contribution in [0.15, 0.2) is 65.7 Å². The number of aliphatic hydroxyl groups is 1. The zero-order chi connectivity index (χ0) is 24.0. The summed E-state index contributed by atoms with van der Waals surface area (Å²) < 4.78 is 2.50. The Morgan fingerprint density at radius 2 is 1.74 bits per heavy atom. The first-order valence-electron chi connectivity index (χ1n) is 10.5. The highest BCUT2D eigenvalue weighted by atomic mass is 16.3. The summed E-state index contributed by atoms with van der Waals surface area (Å²) in [4.78, 5) is 50.4. The van der Waals surface area contributed by atoms with Gasteiger partial charge >= 0.3 is 0 Å². The Morgan fingerprint density at radius 3 is 2.50 bits per heavy atom. The molecule has 0 radical (unpaired) electrons. The first kappa shape index (κ1) is 21.3. The number of hydrogen-bond acceptors (Lipinski definition) is 7. The number of carbonyl (C=O) groups excluding carboxylic acids is 2. The molecule has 0 spiro atoms. The number of anilines is 1. The van der Waals surface area contributed by atoms with Gasteiger partial charge in [0.25, 0.3) is 17.4 Å². The number of hydrogen-bond donors (Lipinski definition) is 2. The van der Waals surface area contributed by atoms with Crippen LogP contribution in [0.4, 0.5) is 5.82 Å². The SMILES string of the molecule is CN1C(=O)c2c(ncn2CC(=O)Nn2c(-c3ccccc3)nc3ccccc3c2=O)N(C)[C@@H]1O. The van der Waals surface area contributed by atoms with Crippen molar-refractivity contribution in [1.82, 2.24) is 24.1 Å². The lowest BCUT2D eigenvalue weighted by Gasteiger charge is -2.36. The third kappa shape index (κ3) is 3.39. The van der Waals surface area contributed by atoms with Gasteiger partial charge in [0.15, 0.2) is 17.3 Å². The second kappa shape index (κ2) is 8.12. The monoisotopic (exact) mass is 459 g/mol. The Hall–Kier alpha value is -4.51. The van der Waals surface area contributed by atoms with E-state index in [1.165, 1.54) is 22.8 Å². The maximum Gasteiger partial charge on any atom is 0.280 e. The molecule has 1 aliphatic heterocycles. The third-order valence-electron chi connectivity index (χ3n) is 5.73. The first-order chi connectivity index (χ1) is 16.4. The van der Waals surface area contributed by atoms with Gasteiger partial charge in [0.1, 0.15) is 6.54 Å². The minimum Gasteiger partial charge on any atom is -0.356 e. The van der Waals surface area contributed by atoms with Crippen molar-refractivity contribution in [3.8, 4) is 11.4 Å². The van der Waals surface area contributed by atoms with Crippen molar-refractivity contribution in [3.63, 3.8) is 0 Å². The summed E-state index contributed by atoms with van der Waals surface area (Å²) in [6.45, 7) is -0.278. The van der Waals surface area contributed by atoms with Gasteiger partial charge in [-0.15, -0.1) is 0 Å². The summed E-state index contributed by atoms with van der Waals surface area (Å²) >= 11 is 0. The Kier molecular flexibility index (Phi) is 5.10. The number of nitrogens with one attached hydrogen (secondary N) is 1. The van der Waals surface area contributed by atoms with Gasteiger partial charge in [-0.1, -0.05) is 42.5 Å². The molecule has 11 nitrogen and oxygen atoms in total. The predicted molar refractivity (Wildman–Crippen MR) is 125 cm³/mol. The van der Waals surface area contributed by atoms with Crippen molar-refractivity contribution in [3.05, 3.63) is 77.0 Å². The topological polar surface area (TPSA) is 126 Å². The highest BCUT2D eigenvalue weighted by Gasteiger charge is 2.36. The molecule has 1 aliphatic rings. The smallest absolute Gasteiger partial charge is 0.280 e. The van der Waals surface area contributed by atoms with Crippen LogP contribution in [0.2, 0.25) is 0 Å². The second-order valence-electron chi connectivity index (χ2n) is 7.91. The number of amides is 2. The lowest BCUT2D eigenvalue weighted by atomic mass is 10.2. The lowest BCUT2D eigenvalue weighted by Crippen LogP contribution is -2.52. The van der Waals surface area contributed by atoms with Crippen molar-refractivity contribution in [2.24, 2.45) is 0 Å². The second-order valence-corrected chi connectivity index (χ2v) is 7.91. The molecule has 34 heavy (non-hydrogen) atoms. The fraction of sp³-hybridized carbons (Fsp3) is 0.174. The van der Waals surface area contributed by atoms with E-state index in [0.717, 1.165) is 9.58 Å². The summed E-state index contributed by atoms with van der Waals surface area (Å²) in [6.07, 6.45) is 0.192. The zero-order valence-corrected chi connectivity index (χ0v) is 18.4. The van der Waals surface area contributed by atoms with E-state index in [9.17, 15) is 19.5 Å². The van der Waals surface area contributed by atoms with Gasteiger partial charge in [0, 0.05) is 19.7 Å². The van der Waals surface area contributed by atoms with Gasteiger partial charge in [-0.05, 0) is 12.1 Å². The number of benzene rings is 2. The molecule has 0 aliphatic carbocycles. The molecule has 172 valence electrons. The van der Waals surface area contributed by atoms with Gasteiger partial charge in [-0.2, -0.15) is 4.68 Å². The van der Waals surface area contributed by atoms with Crippen LogP contribution < -0.4 is 15.9 Å². The molecule has 3 heterocycles. The Morgan fingerprint density at radius 1 is 1.03 bits per heavy atom. The van der Waals surface area contributed by atoms with Crippen LogP contribution >= 0.6 is 0 Å². The summed E-state index contributed by atoms with van der Waals surface area (Å²) in [5, 5.41) is 10.5. The van der Waals surface area contributed by atoms with E-state index in [4.69, 9.17) is 0 Å². The van der Waals surface area contributed by atoms with E-state index < -0.39 is 23.7 Å². The van der Waals surface area contributed by atoms with Gasteiger partial charge in [0.2, 0.25) is 6.35 Å². The van der Waals surface area contributed by atoms with Gasteiger partial charge in [0.05, 0.1) is 17.2 Å². The molecular formula is C23H21N7O4. The van der Waals surface area contributed by atoms with Crippen LogP contribution in [0.1, 0.15) is 10.5 Å². The summed E-state index contributed by atoms with van der Waals surface area (Å²) in [5.74, 6) is -0.483. The van der Waals surface area contributed by atoms with Crippen LogP contribution in [-0.4, -0.2) is 61.5 Å². The number of rotatable bonds is 4. The van der Waals surface area contributed by atoms with Crippen molar-refractivity contribution in [1.29, 1.82) is 0 Å². The molecule has 1 atom stereocenters. The molecular weight excluding hydrogens is 438 g/mol. The molecule has 0 unspecified atom stereocenters. The van der Waals surface area contributed by atoms with Crippen LogP contribution in [-0.2, 0) is 11.3 Å². The largest absolute Gasteiger partial charge is 0.356 e. The lowest BCUT2D eigenvalue weighted by molar-refractivity contribution is -0.117. The van der Waals surface area contributed by atoms with E-state index in [1.807, 2.05) is 18.2 Å². The number of imidazole rings is 1. The number of aromatic nitrogens is 4. The molecule has 2 amide bonds. The highest BCUT2D eigenvalue weighted by molar-refractivity contribution is 6.00. The predicted octanol–water partition coefficient (Wildman–Crippen LogP) is 0.828. The van der Waals surface area contributed by atoms with Crippen LogP contribution in [0, 0.1) is 0 Å². The molecule has 2 aromatic carbocycles. The Labute approximate surface area is 193 Å². The van der Waals surface area contributed by atoms with Crippen molar-refractivity contribution >= 4 is 28.5 Å². The maximum atomic E-state index is 13.3. The normalized spacial score (nSPS) is 15.5. The number of nitrogens with zero attached hydrogens (tertiary/aromatic N) is 6. The fourth-order valence-electron chi connectivity index (χ4n) is 3.94. The van der Waals surface area contributed by atoms with Crippen LogP contribution in [0.3, 0.4) is 0 Å². The number of para-hydroxylation sites is 1. The van der Waals surface area contributed by atoms with Crippen molar-refractivity contribution in [2.45, 2.75) is 12.9 Å². The van der Waals surface area contributed by atoms with Crippen molar-refractivity contribution < 1.29 is 14.7 Å². The average Bonchev–Trinajstić information content (AvgIpc) is 3.27. The molecule has 11 heteroatoms. The molecule has 2 aromatic heterocycles. The van der Waals surface area contributed by atoms with E-state index in [2.05, 4.69) is 15.4 Å². The minimum absolute atomic E-state index is 0.165. The van der Waals surface area contributed by atoms with E-state index in [1.54, 1.807) is 43.4 Å². The van der Waals surface area contributed by atoms with Crippen LogP contribution in [0.5, 0.6) is 0 Å². The van der Waals surface area contributed by atoms with E-state index >= 15 is 0 Å². The molecule has 4 aromatic rings. The van der Waals surface area contributed by atoms with E-state index in [0.29, 0.717) is 16.5 Å². The molecule has 0 saturated carbocycles. The van der Waals surface area contributed by atoms with Gasteiger partial charge in [-0.25, -0.2) is 9.97 Å². The third-order valence-corrected chi connectivity index (χ3v) is 5.73. The number of aliphatic hydroxyl groups excluding tert-OH is 1. The summed E-state index contributed by atoms with van der Waals surface area (Å²) in [5.41, 5.74) is 3.53. The van der Waals surface area contributed by atoms with Crippen molar-refractivity contribution in [2.75, 3.05) is 24.4 Å². The van der Waals surface area contributed by atoms with E-state index in [-0.39, 0.29) is 23.9 Å². The van der Waals surface area contributed by atoms with Crippen LogP contribution in [0.25, 0.3) is 22.3 Å². The molecule has 5 rings (SSSR count). The number of carbonyl (C=O) groups is 2. The zero-order valence-electron chi connectivity index (χ0n) is 18.4. The van der Waals surface area contributed by atoms with Gasteiger partial charge < -0.3 is 14.6 Å². The Balaban J connectivity index is 1.52. The molecule has 2 N–H and O–H groups in total. The summed E-state index contributed by atoms with van der Waals surface area (Å²) in [6, 6.07) is 15.9. The maximum absolute atomic E-state index is 13.3. The minimum atomic E-state index is -1.16. The quantitative estimate of drug-likeness (QED) is 0.463. The molecule has 0 saturated heterocycles. The summed E-state index contributed by atoms with van der Waals surface area (Å²) in [7, 11) is 3.05.